The smallest absolute Gasteiger partial charge is 0.355 e. The van der Waals surface area contributed by atoms with Crippen LogP contribution in [0.3, 0.4) is 0 Å². The highest BCUT2D eigenvalue weighted by Crippen LogP contribution is 2.65. The van der Waals surface area contributed by atoms with E-state index in [1.54, 1.807) is 0 Å². The summed E-state index contributed by atoms with van der Waals surface area (Å²) in [5, 5.41) is 3.58. The Hall–Kier alpha value is -0.540. The van der Waals surface area contributed by atoms with E-state index in [0.717, 1.165) is 63.5 Å². The van der Waals surface area contributed by atoms with Crippen LogP contribution in [0.5, 0.6) is 0 Å². The minimum Gasteiger partial charge on any atom is -0.369 e. The molecule has 0 atom stereocenters. The predicted octanol–water partition coefficient (Wildman–Crippen LogP) is 7.24. The molecule has 1 aromatic rings. The van der Waals surface area contributed by atoms with Gasteiger partial charge in [-0.2, -0.15) is 0 Å². The molecule has 4 nitrogen and oxygen atoms in total. The Balaban J connectivity index is 2.27. The fraction of sp³-hybridized carbons (Fsp3) is 0.700. The van der Waals surface area contributed by atoms with E-state index in [1.165, 1.54) is 0 Å². The van der Waals surface area contributed by atoms with Crippen molar-refractivity contribution in [2.75, 3.05) is 18.5 Å². The molecular weight excluding hydrogens is 369 g/mol. The van der Waals surface area contributed by atoms with Crippen molar-refractivity contribution in [3.63, 3.8) is 0 Å². The molecule has 0 aromatic heterocycles. The molecule has 148 valence electrons. The molecule has 0 amide bonds. The molecule has 0 saturated heterocycles. The van der Waals surface area contributed by atoms with Gasteiger partial charge in [0.2, 0.25) is 0 Å². The molecule has 0 bridgehead atoms. The first kappa shape index (κ1) is 21.8. The fourth-order valence-corrected chi connectivity index (χ4v) is 5.91. The topological polar surface area (TPSA) is 47.6 Å². The highest BCUT2D eigenvalue weighted by atomic mass is 35.5. The maximum Gasteiger partial charge on any atom is 0.355 e. The van der Waals surface area contributed by atoms with Crippen LogP contribution >= 0.6 is 19.2 Å². The quantitative estimate of drug-likeness (QED) is 0.313. The summed E-state index contributed by atoms with van der Waals surface area (Å²) in [4.78, 5) is 0. The first-order valence-corrected chi connectivity index (χ1v) is 11.9. The van der Waals surface area contributed by atoms with Crippen LogP contribution in [-0.4, -0.2) is 18.5 Å². The zero-order valence-electron chi connectivity index (χ0n) is 16.1. The van der Waals surface area contributed by atoms with E-state index in [-0.39, 0.29) is 0 Å². The molecule has 0 aliphatic heterocycles. The van der Waals surface area contributed by atoms with Crippen LogP contribution in [-0.2, 0) is 13.6 Å². The number of hydrogen-bond acceptors (Lipinski definition) is 4. The largest absolute Gasteiger partial charge is 0.369 e. The van der Waals surface area contributed by atoms with Gasteiger partial charge in [-0.1, -0.05) is 57.6 Å². The van der Waals surface area contributed by atoms with Crippen molar-refractivity contribution >= 4 is 24.9 Å². The summed E-state index contributed by atoms with van der Waals surface area (Å²) in [7, 11) is -3.31. The van der Waals surface area contributed by atoms with Crippen molar-refractivity contribution < 1.29 is 13.6 Å². The van der Waals surface area contributed by atoms with Gasteiger partial charge >= 0.3 is 7.60 Å². The maximum absolute atomic E-state index is 14.0. The van der Waals surface area contributed by atoms with E-state index >= 15 is 0 Å². The predicted molar refractivity (Wildman–Crippen MR) is 110 cm³/mol. The highest BCUT2D eigenvalue weighted by molar-refractivity contribution is 7.55. The Morgan fingerprint density at radius 1 is 1.00 bits per heavy atom. The van der Waals surface area contributed by atoms with E-state index < -0.39 is 12.9 Å². The number of hydrogen-bond donors (Lipinski definition) is 1. The van der Waals surface area contributed by atoms with Crippen LogP contribution in [0.15, 0.2) is 24.3 Å². The lowest BCUT2D eigenvalue weighted by atomic mass is 9.94. The van der Waals surface area contributed by atoms with Crippen LogP contribution in [0.25, 0.3) is 0 Å². The SMILES string of the molecule is CCCCOP(=O)(OCCCC)C1(Nc2ccc(Cl)cc2)CCCCC1. The first-order chi connectivity index (χ1) is 12.6. The zero-order valence-corrected chi connectivity index (χ0v) is 17.8. The Kier molecular flexibility index (Phi) is 8.96. The van der Waals surface area contributed by atoms with Gasteiger partial charge < -0.3 is 14.4 Å². The number of unbranched alkanes of at least 4 members (excludes halogenated alkanes) is 2. The molecule has 1 fully saturated rings. The molecule has 1 aromatic carbocycles. The number of nitrogens with one attached hydrogen (secondary N) is 1. The van der Waals surface area contributed by atoms with Crippen molar-refractivity contribution in [1.29, 1.82) is 0 Å². The van der Waals surface area contributed by atoms with Crippen molar-refractivity contribution in [1.82, 2.24) is 0 Å². The van der Waals surface area contributed by atoms with E-state index in [1.807, 2.05) is 24.3 Å². The summed E-state index contributed by atoms with van der Waals surface area (Å²) in [6, 6.07) is 7.56. The lowest BCUT2D eigenvalue weighted by molar-refractivity contribution is 0.172. The first-order valence-electron chi connectivity index (χ1n) is 9.98. The molecular formula is C20H33ClNO3P. The number of halogens is 1. The average molecular weight is 402 g/mol. The van der Waals surface area contributed by atoms with Gasteiger partial charge in [0.25, 0.3) is 0 Å². The zero-order chi connectivity index (χ0) is 18.9. The second-order valence-corrected chi connectivity index (χ2v) is 9.90. The van der Waals surface area contributed by atoms with E-state index in [9.17, 15) is 4.57 Å². The normalized spacial score (nSPS) is 17.2. The summed E-state index contributed by atoms with van der Waals surface area (Å²) < 4.78 is 26.0. The van der Waals surface area contributed by atoms with Crippen LogP contribution in [0.2, 0.25) is 5.02 Å². The summed E-state index contributed by atoms with van der Waals surface area (Å²) in [5.74, 6) is 0. The van der Waals surface area contributed by atoms with Gasteiger partial charge in [0.1, 0.15) is 5.28 Å². The van der Waals surface area contributed by atoms with Gasteiger partial charge in [-0.15, -0.1) is 0 Å². The van der Waals surface area contributed by atoms with E-state index in [2.05, 4.69) is 19.2 Å². The molecule has 0 unspecified atom stereocenters. The molecule has 1 aliphatic carbocycles. The minimum atomic E-state index is -3.31. The monoisotopic (exact) mass is 401 g/mol. The third kappa shape index (κ3) is 5.73. The lowest BCUT2D eigenvalue weighted by Crippen LogP contribution is -2.41. The summed E-state index contributed by atoms with van der Waals surface area (Å²) in [6.45, 7) is 5.16. The van der Waals surface area contributed by atoms with Crippen molar-refractivity contribution in [3.8, 4) is 0 Å². The molecule has 1 aliphatic rings. The third-order valence-corrected chi connectivity index (χ3v) is 7.85. The molecule has 0 spiro atoms. The van der Waals surface area contributed by atoms with Gasteiger partial charge in [0.15, 0.2) is 0 Å². The fourth-order valence-electron chi connectivity index (χ4n) is 3.35. The molecule has 2 rings (SSSR count). The Labute approximate surface area is 163 Å². The molecule has 0 heterocycles. The van der Waals surface area contributed by atoms with Crippen LogP contribution < -0.4 is 5.32 Å². The number of benzene rings is 1. The van der Waals surface area contributed by atoms with E-state index in [0.29, 0.717) is 18.2 Å². The second-order valence-electron chi connectivity index (χ2n) is 7.10. The summed E-state index contributed by atoms with van der Waals surface area (Å²) in [6.07, 6.45) is 8.59. The molecule has 6 heteroatoms. The lowest BCUT2D eigenvalue weighted by Gasteiger charge is -2.43. The molecule has 1 N–H and O–H groups in total. The van der Waals surface area contributed by atoms with Gasteiger partial charge in [-0.05, 0) is 49.9 Å². The van der Waals surface area contributed by atoms with Gasteiger partial charge in [-0.3, -0.25) is 4.57 Å². The van der Waals surface area contributed by atoms with Gasteiger partial charge in [-0.25, -0.2) is 0 Å². The Morgan fingerprint density at radius 3 is 2.04 bits per heavy atom. The number of anilines is 1. The molecule has 26 heavy (non-hydrogen) atoms. The van der Waals surface area contributed by atoms with Crippen LogP contribution in [0, 0.1) is 0 Å². The molecule has 0 radical (unpaired) electrons. The van der Waals surface area contributed by atoms with Gasteiger partial charge in [0.05, 0.1) is 13.2 Å². The summed E-state index contributed by atoms with van der Waals surface area (Å²) >= 11 is 6.02. The van der Waals surface area contributed by atoms with Crippen molar-refractivity contribution in [2.45, 2.75) is 76.9 Å². The third-order valence-electron chi connectivity index (χ3n) is 4.94. The maximum atomic E-state index is 14.0. The van der Waals surface area contributed by atoms with Gasteiger partial charge in [0, 0.05) is 10.7 Å². The highest BCUT2D eigenvalue weighted by Gasteiger charge is 2.51. The minimum absolute atomic E-state index is 0.476. The standard InChI is InChI=1S/C20H33ClNO3P/c1-3-5-16-24-26(23,25-17-6-4-2)20(14-8-7-9-15-20)22-19-12-10-18(21)11-13-19/h10-13,22H,3-9,14-17H2,1-2H3. The van der Waals surface area contributed by atoms with E-state index in [4.69, 9.17) is 20.6 Å². The van der Waals surface area contributed by atoms with Crippen LogP contribution in [0.1, 0.15) is 71.6 Å². The second kappa shape index (κ2) is 10.7. The summed E-state index contributed by atoms with van der Waals surface area (Å²) in [5.41, 5.74) is 0.912. The van der Waals surface area contributed by atoms with Crippen molar-refractivity contribution in [2.24, 2.45) is 0 Å². The average Bonchev–Trinajstić information content (AvgIpc) is 2.65. The Bertz CT molecular complexity index is 559. The van der Waals surface area contributed by atoms with Crippen LogP contribution in [0.4, 0.5) is 5.69 Å². The molecule has 1 saturated carbocycles. The Morgan fingerprint density at radius 2 is 1.54 bits per heavy atom. The number of rotatable bonds is 11. The van der Waals surface area contributed by atoms with Crippen molar-refractivity contribution in [3.05, 3.63) is 29.3 Å².